The molecule has 0 saturated carbocycles. The zero-order chi connectivity index (χ0) is 14.9. The van der Waals surface area contributed by atoms with Gasteiger partial charge in [0.1, 0.15) is 11.3 Å². The molecule has 0 aliphatic carbocycles. The Balaban J connectivity index is 1.85. The van der Waals surface area contributed by atoms with Gasteiger partial charge in [0.2, 0.25) is 0 Å². The fraction of sp³-hybridized carbons (Fsp3) is 0.125. The first kappa shape index (κ1) is 13.7. The van der Waals surface area contributed by atoms with Crippen molar-refractivity contribution in [3.05, 3.63) is 60.4 Å². The predicted octanol–water partition coefficient (Wildman–Crippen LogP) is 3.45. The Kier molecular flexibility index (Phi) is 3.43. The summed E-state index contributed by atoms with van der Waals surface area (Å²) in [5, 5.41) is 4.16. The number of nitrogens with one attached hydrogen (secondary N) is 1. The van der Waals surface area contributed by atoms with Crippen LogP contribution >= 0.6 is 0 Å². The molecule has 0 unspecified atom stereocenters. The lowest BCUT2D eigenvalue weighted by Crippen LogP contribution is -2.05. The molecule has 5 heteroatoms. The van der Waals surface area contributed by atoms with Crippen molar-refractivity contribution in [3.8, 4) is 0 Å². The van der Waals surface area contributed by atoms with Gasteiger partial charge in [0.05, 0.1) is 17.1 Å². The van der Waals surface area contributed by atoms with E-state index in [0.717, 1.165) is 16.7 Å². The number of furan rings is 1. The third kappa shape index (κ3) is 2.92. The first-order chi connectivity index (χ1) is 10.0. The van der Waals surface area contributed by atoms with Crippen LogP contribution in [0.1, 0.15) is 5.76 Å². The number of benzene rings is 2. The Labute approximate surface area is 123 Å². The van der Waals surface area contributed by atoms with Gasteiger partial charge in [0, 0.05) is 11.6 Å². The van der Waals surface area contributed by atoms with Gasteiger partial charge in [0.15, 0.2) is 9.84 Å². The van der Waals surface area contributed by atoms with Gasteiger partial charge in [-0.05, 0) is 24.3 Å². The summed E-state index contributed by atoms with van der Waals surface area (Å²) in [5.74, 6) is 0.763. The normalized spacial score (nSPS) is 11.7. The van der Waals surface area contributed by atoms with E-state index < -0.39 is 9.84 Å². The Morgan fingerprint density at radius 2 is 1.76 bits per heavy atom. The van der Waals surface area contributed by atoms with E-state index in [1.165, 1.54) is 6.26 Å². The molecule has 0 fully saturated rings. The first-order valence-corrected chi connectivity index (χ1v) is 8.43. The number of para-hydroxylation sites is 2. The number of hydrogen-bond acceptors (Lipinski definition) is 4. The monoisotopic (exact) mass is 301 g/mol. The van der Waals surface area contributed by atoms with Crippen molar-refractivity contribution in [1.29, 1.82) is 0 Å². The second kappa shape index (κ2) is 5.26. The Bertz CT molecular complexity index is 848. The molecule has 1 N–H and O–H groups in total. The highest BCUT2D eigenvalue weighted by Crippen LogP contribution is 2.23. The molecule has 21 heavy (non-hydrogen) atoms. The lowest BCUT2D eigenvalue weighted by molar-refractivity contribution is 0.559. The quantitative estimate of drug-likeness (QED) is 0.802. The summed E-state index contributed by atoms with van der Waals surface area (Å²) in [4.78, 5) is 0.293. The summed E-state index contributed by atoms with van der Waals surface area (Å²) in [6.07, 6.45) is 1.20. The molecule has 0 saturated heterocycles. The summed E-state index contributed by atoms with van der Waals surface area (Å²) in [6, 6.07) is 16.6. The van der Waals surface area contributed by atoms with Crippen molar-refractivity contribution in [2.75, 3.05) is 11.6 Å². The molecule has 0 amide bonds. The van der Waals surface area contributed by atoms with Crippen LogP contribution in [0.2, 0.25) is 0 Å². The molecule has 0 bridgehead atoms. The third-order valence-electron chi connectivity index (χ3n) is 3.22. The maximum Gasteiger partial charge on any atom is 0.177 e. The van der Waals surface area contributed by atoms with E-state index in [4.69, 9.17) is 4.42 Å². The number of rotatable bonds is 4. The zero-order valence-electron chi connectivity index (χ0n) is 11.5. The van der Waals surface area contributed by atoms with Gasteiger partial charge in [-0.15, -0.1) is 0 Å². The largest absolute Gasteiger partial charge is 0.459 e. The van der Waals surface area contributed by atoms with Crippen molar-refractivity contribution >= 4 is 26.5 Å². The molecule has 0 radical (unpaired) electrons. The van der Waals surface area contributed by atoms with E-state index in [1.54, 1.807) is 24.3 Å². The second-order valence-corrected chi connectivity index (χ2v) is 6.86. The molecular weight excluding hydrogens is 286 g/mol. The molecule has 4 nitrogen and oxygen atoms in total. The van der Waals surface area contributed by atoms with Crippen molar-refractivity contribution in [2.45, 2.75) is 11.4 Å². The van der Waals surface area contributed by atoms with Crippen LogP contribution < -0.4 is 5.32 Å². The van der Waals surface area contributed by atoms with Gasteiger partial charge in [-0.1, -0.05) is 30.3 Å². The number of sulfone groups is 1. The summed E-state index contributed by atoms with van der Waals surface area (Å²) in [5.41, 5.74) is 1.41. The Hall–Kier alpha value is -2.27. The molecule has 2 aromatic carbocycles. The minimum atomic E-state index is -3.26. The summed E-state index contributed by atoms with van der Waals surface area (Å²) in [7, 11) is -3.26. The van der Waals surface area contributed by atoms with Crippen LogP contribution in [0.5, 0.6) is 0 Å². The number of fused-ring (bicyclic) bond motifs is 1. The molecule has 0 aliphatic rings. The summed E-state index contributed by atoms with van der Waals surface area (Å²) in [6.45, 7) is 0.432. The van der Waals surface area contributed by atoms with Crippen molar-refractivity contribution < 1.29 is 12.8 Å². The molecule has 3 aromatic rings. The second-order valence-electron chi connectivity index (χ2n) is 4.87. The molecule has 108 valence electrons. The predicted molar refractivity (Wildman–Crippen MR) is 83.1 cm³/mol. The van der Waals surface area contributed by atoms with Crippen LogP contribution in [0.3, 0.4) is 0 Å². The third-order valence-corrected chi connectivity index (χ3v) is 4.37. The number of hydrogen-bond donors (Lipinski definition) is 1. The van der Waals surface area contributed by atoms with Crippen LogP contribution in [0.25, 0.3) is 11.0 Å². The van der Waals surface area contributed by atoms with Crippen molar-refractivity contribution in [1.82, 2.24) is 0 Å². The van der Waals surface area contributed by atoms with Crippen LogP contribution in [0.15, 0.2) is 63.9 Å². The Morgan fingerprint density at radius 1 is 1.05 bits per heavy atom. The van der Waals surface area contributed by atoms with Crippen LogP contribution in [0, 0.1) is 0 Å². The standard InChI is InChI=1S/C16H15NO3S/c1-21(18,19)16-9-5-3-7-14(16)17-11-13-10-12-6-2-4-8-15(12)20-13/h2-10,17H,11H2,1H3. The number of anilines is 1. The SMILES string of the molecule is CS(=O)(=O)c1ccccc1NCc1cc2ccccc2o1. The molecule has 0 atom stereocenters. The molecule has 0 aliphatic heterocycles. The maximum atomic E-state index is 11.7. The van der Waals surface area contributed by atoms with Gasteiger partial charge in [0.25, 0.3) is 0 Å². The van der Waals surface area contributed by atoms with E-state index in [1.807, 2.05) is 30.3 Å². The van der Waals surface area contributed by atoms with Crippen LogP contribution in [-0.2, 0) is 16.4 Å². The highest BCUT2D eigenvalue weighted by Gasteiger charge is 2.12. The maximum absolute atomic E-state index is 11.7. The fourth-order valence-electron chi connectivity index (χ4n) is 2.24. The fourth-order valence-corrected chi connectivity index (χ4v) is 3.11. The Morgan fingerprint density at radius 3 is 2.52 bits per heavy atom. The smallest absolute Gasteiger partial charge is 0.177 e. The van der Waals surface area contributed by atoms with E-state index in [0.29, 0.717) is 17.1 Å². The lowest BCUT2D eigenvalue weighted by atomic mass is 10.2. The summed E-state index contributed by atoms with van der Waals surface area (Å²) < 4.78 is 29.2. The van der Waals surface area contributed by atoms with Crippen molar-refractivity contribution in [3.63, 3.8) is 0 Å². The van der Waals surface area contributed by atoms with Gasteiger partial charge >= 0.3 is 0 Å². The highest BCUT2D eigenvalue weighted by atomic mass is 32.2. The van der Waals surface area contributed by atoms with E-state index in [-0.39, 0.29) is 0 Å². The molecule has 1 aromatic heterocycles. The first-order valence-electron chi connectivity index (χ1n) is 6.54. The lowest BCUT2D eigenvalue weighted by Gasteiger charge is -2.09. The van der Waals surface area contributed by atoms with Gasteiger partial charge in [-0.3, -0.25) is 0 Å². The minimum absolute atomic E-state index is 0.293. The molecule has 3 rings (SSSR count). The molecule has 1 heterocycles. The summed E-state index contributed by atoms with van der Waals surface area (Å²) >= 11 is 0. The highest BCUT2D eigenvalue weighted by molar-refractivity contribution is 7.90. The van der Waals surface area contributed by atoms with E-state index >= 15 is 0 Å². The average molecular weight is 301 g/mol. The van der Waals surface area contributed by atoms with Gasteiger partial charge < -0.3 is 9.73 Å². The van der Waals surface area contributed by atoms with E-state index in [2.05, 4.69) is 5.32 Å². The topological polar surface area (TPSA) is 59.3 Å². The average Bonchev–Trinajstić information content (AvgIpc) is 2.87. The van der Waals surface area contributed by atoms with Gasteiger partial charge in [-0.25, -0.2) is 8.42 Å². The van der Waals surface area contributed by atoms with Crippen LogP contribution in [-0.4, -0.2) is 14.7 Å². The zero-order valence-corrected chi connectivity index (χ0v) is 12.4. The molecule has 0 spiro atoms. The van der Waals surface area contributed by atoms with Gasteiger partial charge in [-0.2, -0.15) is 0 Å². The molecular formula is C16H15NO3S. The van der Waals surface area contributed by atoms with Crippen LogP contribution in [0.4, 0.5) is 5.69 Å². The minimum Gasteiger partial charge on any atom is -0.459 e. The van der Waals surface area contributed by atoms with E-state index in [9.17, 15) is 8.42 Å². The van der Waals surface area contributed by atoms with Crippen molar-refractivity contribution in [2.24, 2.45) is 0 Å².